The first-order valence-electron chi connectivity index (χ1n) is 8.18. The van der Waals surface area contributed by atoms with Gasteiger partial charge >= 0.3 is 0 Å². The molecule has 1 fully saturated rings. The number of aliphatic hydroxyl groups excluding tert-OH is 1. The van der Waals surface area contributed by atoms with Gasteiger partial charge in [0.2, 0.25) is 0 Å². The molecular formula is C18H21N5O. The van der Waals surface area contributed by atoms with Gasteiger partial charge in [0.05, 0.1) is 6.61 Å². The molecule has 3 rings (SSSR count). The highest BCUT2D eigenvalue weighted by Crippen LogP contribution is 2.22. The van der Waals surface area contributed by atoms with Crippen molar-refractivity contribution in [2.75, 3.05) is 18.5 Å². The van der Waals surface area contributed by atoms with E-state index in [1.54, 1.807) is 6.20 Å². The van der Waals surface area contributed by atoms with Crippen LogP contribution in [-0.4, -0.2) is 39.2 Å². The summed E-state index contributed by atoms with van der Waals surface area (Å²) in [6.45, 7) is 2.65. The van der Waals surface area contributed by atoms with Gasteiger partial charge in [0.15, 0.2) is 11.5 Å². The van der Waals surface area contributed by atoms with E-state index in [-0.39, 0.29) is 12.6 Å². The summed E-state index contributed by atoms with van der Waals surface area (Å²) in [7, 11) is 0. The number of nitriles is 1. The Balaban J connectivity index is 1.71. The summed E-state index contributed by atoms with van der Waals surface area (Å²) in [5.74, 6) is 0.504. The summed E-state index contributed by atoms with van der Waals surface area (Å²) in [6.07, 6.45) is 5.28. The molecule has 2 aromatic rings. The van der Waals surface area contributed by atoms with E-state index in [1.165, 1.54) is 11.8 Å². The maximum atomic E-state index is 9.49. The van der Waals surface area contributed by atoms with Gasteiger partial charge in [-0.15, -0.1) is 0 Å². The lowest BCUT2D eigenvalue weighted by atomic mass is 10.1. The number of anilines is 1. The standard InChI is InChI=1S/C18H21N5O/c19-10-17-18(21-8-7-20-17)22-11-14-4-1-2-5-15(14)12-23-9-3-6-16(23)13-24/h1-2,4-5,7-8,16,24H,3,6,9,11-13H2,(H,21,22). The Morgan fingerprint density at radius 2 is 2.04 bits per heavy atom. The lowest BCUT2D eigenvalue weighted by Crippen LogP contribution is -2.32. The predicted molar refractivity (Wildman–Crippen MR) is 91.0 cm³/mol. The molecule has 6 nitrogen and oxygen atoms in total. The third-order valence-electron chi connectivity index (χ3n) is 4.45. The minimum absolute atomic E-state index is 0.214. The zero-order chi connectivity index (χ0) is 16.8. The number of rotatable bonds is 6. The highest BCUT2D eigenvalue weighted by atomic mass is 16.3. The molecule has 124 valence electrons. The van der Waals surface area contributed by atoms with Crippen LogP contribution >= 0.6 is 0 Å². The van der Waals surface area contributed by atoms with Gasteiger partial charge in [0.25, 0.3) is 0 Å². The SMILES string of the molecule is N#Cc1nccnc1NCc1ccccc1CN1CCCC1CO. The molecule has 0 radical (unpaired) electrons. The Labute approximate surface area is 141 Å². The second-order valence-electron chi connectivity index (χ2n) is 5.94. The molecule has 1 aromatic heterocycles. The van der Waals surface area contributed by atoms with Crippen LogP contribution in [0, 0.1) is 11.3 Å². The van der Waals surface area contributed by atoms with Crippen LogP contribution in [0.4, 0.5) is 5.82 Å². The molecule has 1 atom stereocenters. The number of likely N-dealkylation sites (tertiary alicyclic amines) is 1. The van der Waals surface area contributed by atoms with Gasteiger partial charge in [-0.05, 0) is 30.5 Å². The Kier molecular flexibility index (Phi) is 5.36. The number of benzene rings is 1. The van der Waals surface area contributed by atoms with Crippen molar-refractivity contribution in [2.45, 2.75) is 32.0 Å². The first kappa shape index (κ1) is 16.4. The number of aromatic nitrogens is 2. The van der Waals surface area contributed by atoms with Crippen LogP contribution in [0.5, 0.6) is 0 Å². The van der Waals surface area contributed by atoms with E-state index in [4.69, 9.17) is 5.26 Å². The Morgan fingerprint density at radius 1 is 1.25 bits per heavy atom. The van der Waals surface area contributed by atoms with Crippen LogP contribution in [0.15, 0.2) is 36.7 Å². The molecule has 1 unspecified atom stereocenters. The smallest absolute Gasteiger partial charge is 0.182 e. The molecule has 0 amide bonds. The fourth-order valence-electron chi connectivity index (χ4n) is 3.14. The van der Waals surface area contributed by atoms with E-state index in [0.717, 1.165) is 31.5 Å². The highest BCUT2D eigenvalue weighted by Gasteiger charge is 2.24. The zero-order valence-electron chi connectivity index (χ0n) is 13.5. The fourth-order valence-corrected chi connectivity index (χ4v) is 3.14. The molecule has 2 heterocycles. The number of nitrogens with zero attached hydrogens (tertiary/aromatic N) is 4. The normalized spacial score (nSPS) is 17.6. The van der Waals surface area contributed by atoms with Crippen LogP contribution in [0.25, 0.3) is 0 Å². The summed E-state index contributed by atoms with van der Waals surface area (Å²) in [6, 6.07) is 10.5. The van der Waals surface area contributed by atoms with Crippen LogP contribution in [-0.2, 0) is 13.1 Å². The van der Waals surface area contributed by atoms with E-state index in [1.807, 2.05) is 18.2 Å². The van der Waals surface area contributed by atoms with E-state index in [9.17, 15) is 5.11 Å². The Morgan fingerprint density at radius 3 is 2.83 bits per heavy atom. The van der Waals surface area contributed by atoms with Gasteiger partial charge in [-0.3, -0.25) is 4.90 Å². The van der Waals surface area contributed by atoms with Crippen LogP contribution in [0.3, 0.4) is 0 Å². The zero-order valence-corrected chi connectivity index (χ0v) is 13.5. The monoisotopic (exact) mass is 323 g/mol. The van der Waals surface area contributed by atoms with Crippen LogP contribution < -0.4 is 5.32 Å². The van der Waals surface area contributed by atoms with E-state index >= 15 is 0 Å². The number of hydrogen-bond donors (Lipinski definition) is 2. The maximum absolute atomic E-state index is 9.49. The Bertz CT molecular complexity index is 727. The number of nitrogens with one attached hydrogen (secondary N) is 1. The van der Waals surface area contributed by atoms with Crippen molar-refractivity contribution in [3.63, 3.8) is 0 Å². The van der Waals surface area contributed by atoms with Crippen molar-refractivity contribution >= 4 is 5.82 Å². The molecule has 0 saturated carbocycles. The molecule has 1 aliphatic heterocycles. The molecular weight excluding hydrogens is 302 g/mol. The molecule has 1 saturated heterocycles. The van der Waals surface area contributed by atoms with Gasteiger partial charge in [-0.1, -0.05) is 24.3 Å². The fraction of sp³-hybridized carbons (Fsp3) is 0.389. The van der Waals surface area contributed by atoms with Crippen molar-refractivity contribution in [1.29, 1.82) is 5.26 Å². The third kappa shape index (κ3) is 3.70. The van der Waals surface area contributed by atoms with Gasteiger partial charge < -0.3 is 10.4 Å². The highest BCUT2D eigenvalue weighted by molar-refractivity contribution is 5.47. The predicted octanol–water partition coefficient (Wildman–Crippen LogP) is 1.92. The van der Waals surface area contributed by atoms with E-state index in [2.05, 4.69) is 32.3 Å². The van der Waals surface area contributed by atoms with Gasteiger partial charge in [0, 0.05) is 31.5 Å². The van der Waals surface area contributed by atoms with Gasteiger partial charge in [-0.2, -0.15) is 5.26 Å². The summed E-state index contributed by atoms with van der Waals surface area (Å²) in [4.78, 5) is 10.5. The maximum Gasteiger partial charge on any atom is 0.182 e. The summed E-state index contributed by atoms with van der Waals surface area (Å²) in [5.41, 5.74) is 2.69. The van der Waals surface area contributed by atoms with Crippen molar-refractivity contribution in [2.24, 2.45) is 0 Å². The van der Waals surface area contributed by atoms with Crippen molar-refractivity contribution < 1.29 is 5.11 Å². The quantitative estimate of drug-likeness (QED) is 0.845. The molecule has 1 aliphatic rings. The first-order chi connectivity index (χ1) is 11.8. The van der Waals surface area contributed by atoms with Gasteiger partial charge in [0.1, 0.15) is 6.07 Å². The lowest BCUT2D eigenvalue weighted by molar-refractivity contribution is 0.153. The Hall–Kier alpha value is -2.49. The largest absolute Gasteiger partial charge is 0.395 e. The molecule has 2 N–H and O–H groups in total. The molecule has 1 aromatic carbocycles. The minimum Gasteiger partial charge on any atom is -0.395 e. The first-order valence-corrected chi connectivity index (χ1v) is 8.18. The molecule has 6 heteroatoms. The summed E-state index contributed by atoms with van der Waals surface area (Å²) >= 11 is 0. The topological polar surface area (TPSA) is 85.1 Å². The number of hydrogen-bond acceptors (Lipinski definition) is 6. The minimum atomic E-state index is 0.214. The lowest BCUT2D eigenvalue weighted by Gasteiger charge is -2.24. The third-order valence-corrected chi connectivity index (χ3v) is 4.45. The van der Waals surface area contributed by atoms with Crippen LogP contribution in [0.2, 0.25) is 0 Å². The van der Waals surface area contributed by atoms with Crippen molar-refractivity contribution in [1.82, 2.24) is 14.9 Å². The second-order valence-corrected chi connectivity index (χ2v) is 5.94. The average molecular weight is 323 g/mol. The van der Waals surface area contributed by atoms with Crippen molar-refractivity contribution in [3.05, 3.63) is 53.5 Å². The van der Waals surface area contributed by atoms with Crippen molar-refractivity contribution in [3.8, 4) is 6.07 Å². The molecule has 0 aliphatic carbocycles. The molecule has 0 spiro atoms. The van der Waals surface area contributed by atoms with Gasteiger partial charge in [-0.25, -0.2) is 9.97 Å². The summed E-state index contributed by atoms with van der Waals surface area (Å²) < 4.78 is 0. The van der Waals surface area contributed by atoms with E-state index < -0.39 is 0 Å². The van der Waals surface area contributed by atoms with Crippen LogP contribution in [0.1, 0.15) is 29.7 Å². The molecule has 24 heavy (non-hydrogen) atoms. The average Bonchev–Trinajstić information content (AvgIpc) is 3.08. The second kappa shape index (κ2) is 7.86. The molecule has 0 bridgehead atoms. The summed E-state index contributed by atoms with van der Waals surface area (Å²) in [5, 5.41) is 21.8. The van der Waals surface area contributed by atoms with E-state index in [0.29, 0.717) is 18.1 Å². The number of aliphatic hydroxyl groups is 1.